The molecule has 0 unspecified atom stereocenters. The Kier molecular flexibility index (Phi) is 4.48. The summed E-state index contributed by atoms with van der Waals surface area (Å²) in [7, 11) is 0. The summed E-state index contributed by atoms with van der Waals surface area (Å²) in [4.78, 5) is 16.7. The van der Waals surface area contributed by atoms with Gasteiger partial charge in [0.25, 0.3) is 0 Å². The first-order valence-electron chi connectivity index (χ1n) is 7.80. The molecule has 4 rings (SSSR count). The lowest BCUT2D eigenvalue weighted by molar-refractivity contribution is 0.0468. The first-order chi connectivity index (χ1) is 12.8. The van der Waals surface area contributed by atoms with Crippen molar-refractivity contribution in [3.8, 4) is 16.3 Å². The van der Waals surface area contributed by atoms with Gasteiger partial charge in [0.1, 0.15) is 17.9 Å². The van der Waals surface area contributed by atoms with Crippen LogP contribution >= 0.6 is 11.3 Å². The van der Waals surface area contributed by atoms with Crippen molar-refractivity contribution in [2.75, 3.05) is 0 Å². The van der Waals surface area contributed by atoms with E-state index < -0.39 is 5.97 Å². The molecule has 0 aliphatic carbocycles. The van der Waals surface area contributed by atoms with E-state index in [2.05, 4.69) is 20.5 Å². The number of rotatable bonds is 5. The van der Waals surface area contributed by atoms with E-state index in [4.69, 9.17) is 4.74 Å². The molecule has 0 spiro atoms. The van der Waals surface area contributed by atoms with Gasteiger partial charge in [0.2, 0.25) is 0 Å². The van der Waals surface area contributed by atoms with Crippen LogP contribution in [0.2, 0.25) is 0 Å². The number of tetrazole rings is 1. The highest BCUT2D eigenvalue weighted by Crippen LogP contribution is 2.23. The lowest BCUT2D eigenvalue weighted by atomic mass is 10.2. The molecule has 2 aromatic heterocycles. The summed E-state index contributed by atoms with van der Waals surface area (Å²) in [5.74, 6) is -0.400. The molecule has 0 N–H and O–H groups in total. The minimum Gasteiger partial charge on any atom is -0.456 e. The van der Waals surface area contributed by atoms with Gasteiger partial charge in [-0.2, -0.15) is 0 Å². The molecule has 2 heterocycles. The molecule has 0 bridgehead atoms. The highest BCUT2D eigenvalue weighted by Gasteiger charge is 2.10. The largest absolute Gasteiger partial charge is 0.456 e. The van der Waals surface area contributed by atoms with Crippen LogP contribution < -0.4 is 0 Å². The molecule has 26 heavy (non-hydrogen) atoms. The van der Waals surface area contributed by atoms with Crippen molar-refractivity contribution in [2.45, 2.75) is 6.61 Å². The van der Waals surface area contributed by atoms with Crippen molar-refractivity contribution in [3.63, 3.8) is 0 Å². The molecule has 4 aromatic rings. The third-order valence-corrected chi connectivity index (χ3v) is 4.58. The predicted molar refractivity (Wildman–Crippen MR) is 95.8 cm³/mol. The summed E-state index contributed by atoms with van der Waals surface area (Å²) in [5, 5.41) is 13.8. The van der Waals surface area contributed by atoms with E-state index >= 15 is 0 Å². The Hall–Kier alpha value is -3.39. The topological polar surface area (TPSA) is 82.8 Å². The summed E-state index contributed by atoms with van der Waals surface area (Å²) in [6.45, 7) is 0.136. The Morgan fingerprint density at radius 3 is 2.62 bits per heavy atom. The van der Waals surface area contributed by atoms with Gasteiger partial charge in [-0.25, -0.2) is 14.5 Å². The van der Waals surface area contributed by atoms with Crippen molar-refractivity contribution in [2.24, 2.45) is 0 Å². The normalized spacial score (nSPS) is 10.6. The van der Waals surface area contributed by atoms with Gasteiger partial charge in [-0.15, -0.1) is 16.4 Å². The lowest BCUT2D eigenvalue weighted by Gasteiger charge is -2.04. The zero-order valence-corrected chi connectivity index (χ0v) is 14.3. The molecular weight excluding hydrogens is 350 g/mol. The summed E-state index contributed by atoms with van der Waals surface area (Å²) < 4.78 is 6.86. The van der Waals surface area contributed by atoms with Crippen LogP contribution in [0.4, 0.5) is 0 Å². The average Bonchev–Trinajstić information content (AvgIpc) is 3.39. The van der Waals surface area contributed by atoms with Crippen LogP contribution in [-0.4, -0.2) is 31.2 Å². The maximum absolute atomic E-state index is 12.2. The van der Waals surface area contributed by atoms with Crippen molar-refractivity contribution in [3.05, 3.63) is 77.6 Å². The van der Waals surface area contributed by atoms with Crippen LogP contribution in [0.25, 0.3) is 16.3 Å². The van der Waals surface area contributed by atoms with E-state index in [1.165, 1.54) is 22.3 Å². The van der Waals surface area contributed by atoms with Crippen LogP contribution in [0, 0.1) is 0 Å². The molecule has 2 aromatic carbocycles. The van der Waals surface area contributed by atoms with E-state index in [-0.39, 0.29) is 6.61 Å². The van der Waals surface area contributed by atoms with E-state index in [9.17, 15) is 4.79 Å². The molecule has 0 atom stereocenters. The summed E-state index contributed by atoms with van der Waals surface area (Å²) >= 11 is 1.53. The zero-order valence-electron chi connectivity index (χ0n) is 13.5. The number of benzene rings is 2. The monoisotopic (exact) mass is 363 g/mol. The molecule has 0 aliphatic heterocycles. The van der Waals surface area contributed by atoms with Gasteiger partial charge < -0.3 is 4.74 Å². The fourth-order valence-electron chi connectivity index (χ4n) is 2.34. The van der Waals surface area contributed by atoms with E-state index in [0.717, 1.165) is 22.0 Å². The molecule has 0 aliphatic rings. The average molecular weight is 363 g/mol. The van der Waals surface area contributed by atoms with Gasteiger partial charge in [0.05, 0.1) is 16.9 Å². The molecular formula is C18H13N5O2S. The van der Waals surface area contributed by atoms with Crippen LogP contribution in [0.5, 0.6) is 0 Å². The number of hydrogen-bond donors (Lipinski definition) is 0. The molecule has 0 radical (unpaired) electrons. The Morgan fingerprint density at radius 1 is 1.08 bits per heavy atom. The van der Waals surface area contributed by atoms with Crippen molar-refractivity contribution in [1.82, 2.24) is 25.2 Å². The highest BCUT2D eigenvalue weighted by molar-refractivity contribution is 7.13. The van der Waals surface area contributed by atoms with Gasteiger partial charge in [-0.05, 0) is 34.7 Å². The number of ether oxygens (including phenoxy) is 1. The Morgan fingerprint density at radius 2 is 1.88 bits per heavy atom. The fourth-order valence-corrected chi connectivity index (χ4v) is 3.15. The molecule has 0 fully saturated rings. The van der Waals surface area contributed by atoms with Crippen molar-refractivity contribution in [1.29, 1.82) is 0 Å². The Balaban J connectivity index is 1.39. The number of nitrogens with zero attached hydrogens (tertiary/aromatic N) is 5. The minimum absolute atomic E-state index is 0.136. The Bertz CT molecular complexity index is 998. The van der Waals surface area contributed by atoms with Crippen molar-refractivity contribution >= 4 is 17.3 Å². The van der Waals surface area contributed by atoms with E-state index in [0.29, 0.717) is 5.56 Å². The SMILES string of the molecule is O=C(OCc1csc(-c2ccccc2)n1)c1ccc(-n2cnnn2)cc1. The van der Waals surface area contributed by atoms with Gasteiger partial charge in [0, 0.05) is 10.9 Å². The van der Waals surface area contributed by atoms with Gasteiger partial charge >= 0.3 is 5.97 Å². The summed E-state index contributed by atoms with van der Waals surface area (Å²) in [6, 6.07) is 16.8. The lowest BCUT2D eigenvalue weighted by Crippen LogP contribution is -2.06. The second-order valence-corrected chi connectivity index (χ2v) is 6.25. The number of hydrogen-bond acceptors (Lipinski definition) is 7. The molecule has 8 heteroatoms. The number of thiazole rings is 1. The highest BCUT2D eigenvalue weighted by atomic mass is 32.1. The molecule has 0 amide bonds. The third kappa shape index (κ3) is 3.50. The van der Waals surface area contributed by atoms with E-state index in [1.54, 1.807) is 24.3 Å². The molecule has 0 saturated heterocycles. The second-order valence-electron chi connectivity index (χ2n) is 5.39. The smallest absolute Gasteiger partial charge is 0.338 e. The van der Waals surface area contributed by atoms with Crippen LogP contribution in [0.15, 0.2) is 66.3 Å². The number of carbonyl (C=O) groups is 1. The number of carbonyl (C=O) groups excluding carboxylic acids is 1. The van der Waals surface area contributed by atoms with E-state index in [1.807, 2.05) is 35.7 Å². The number of esters is 1. The standard InChI is InChI=1S/C18H13N5O2S/c24-18(14-6-8-16(9-7-14)23-12-19-21-22-23)25-10-15-11-26-17(20-15)13-4-2-1-3-5-13/h1-9,11-12H,10H2. The first kappa shape index (κ1) is 16.1. The zero-order chi connectivity index (χ0) is 17.8. The van der Waals surface area contributed by atoms with Gasteiger partial charge in [-0.1, -0.05) is 30.3 Å². The first-order valence-corrected chi connectivity index (χ1v) is 8.68. The summed E-state index contributed by atoms with van der Waals surface area (Å²) in [6.07, 6.45) is 1.49. The summed E-state index contributed by atoms with van der Waals surface area (Å²) in [5.41, 5.74) is 3.00. The molecule has 0 saturated carbocycles. The Labute approximate surface area is 152 Å². The van der Waals surface area contributed by atoms with Crippen molar-refractivity contribution < 1.29 is 9.53 Å². The van der Waals surface area contributed by atoms with Gasteiger partial charge in [-0.3, -0.25) is 0 Å². The van der Waals surface area contributed by atoms with Crippen LogP contribution in [-0.2, 0) is 11.3 Å². The molecule has 128 valence electrons. The maximum atomic E-state index is 12.2. The fraction of sp³-hybridized carbons (Fsp3) is 0.0556. The van der Waals surface area contributed by atoms with Crippen LogP contribution in [0.1, 0.15) is 16.1 Å². The number of aromatic nitrogens is 5. The van der Waals surface area contributed by atoms with Crippen LogP contribution in [0.3, 0.4) is 0 Å². The third-order valence-electron chi connectivity index (χ3n) is 3.64. The van der Waals surface area contributed by atoms with Gasteiger partial charge in [0.15, 0.2) is 0 Å². The maximum Gasteiger partial charge on any atom is 0.338 e. The predicted octanol–water partition coefficient (Wildman–Crippen LogP) is 3.14. The second kappa shape index (κ2) is 7.24. The minimum atomic E-state index is -0.400. The molecule has 7 nitrogen and oxygen atoms in total. The quantitative estimate of drug-likeness (QED) is 0.507.